The lowest BCUT2D eigenvalue weighted by Gasteiger charge is -2.06. The van der Waals surface area contributed by atoms with Crippen LogP contribution in [-0.4, -0.2) is 19.8 Å². The zero-order valence-electron chi connectivity index (χ0n) is 9.15. The lowest BCUT2D eigenvalue weighted by Crippen LogP contribution is -2.12. The molecule has 0 spiro atoms. The second kappa shape index (κ2) is 5.19. The number of nitrogens with one attached hydrogen (secondary N) is 1. The fourth-order valence-electron chi connectivity index (χ4n) is 1.39. The summed E-state index contributed by atoms with van der Waals surface area (Å²) in [4.78, 5) is 0. The number of sulfonamides is 1. The molecule has 1 aromatic carbocycles. The number of para-hydroxylation sites is 1. The molecule has 2 aromatic rings. The molecule has 0 fully saturated rings. The minimum atomic E-state index is -3.66. The Morgan fingerprint density at radius 3 is 2.61 bits per heavy atom. The van der Waals surface area contributed by atoms with E-state index in [0.29, 0.717) is 11.3 Å². The van der Waals surface area contributed by atoms with E-state index in [2.05, 4.69) is 9.88 Å². The van der Waals surface area contributed by atoms with E-state index < -0.39 is 10.0 Å². The minimum Gasteiger partial charge on any atom is -0.411 e. The number of hydrogen-bond donors (Lipinski definition) is 2. The monoisotopic (exact) mass is 282 g/mol. The maximum Gasteiger partial charge on any atom is 0.272 e. The second-order valence-corrected chi connectivity index (χ2v) is 6.17. The van der Waals surface area contributed by atoms with E-state index in [0.717, 1.165) is 17.6 Å². The van der Waals surface area contributed by atoms with Gasteiger partial charge in [0.2, 0.25) is 0 Å². The highest BCUT2D eigenvalue weighted by molar-refractivity contribution is 7.94. The summed E-state index contributed by atoms with van der Waals surface area (Å²) in [6.45, 7) is 0. The Morgan fingerprint density at radius 2 is 1.94 bits per heavy atom. The molecule has 7 heteroatoms. The zero-order chi connectivity index (χ0) is 13.0. The maximum absolute atomic E-state index is 12.1. The molecule has 2 N–H and O–H groups in total. The molecular weight excluding hydrogens is 272 g/mol. The van der Waals surface area contributed by atoms with E-state index in [4.69, 9.17) is 5.21 Å². The molecule has 5 nitrogen and oxygen atoms in total. The van der Waals surface area contributed by atoms with Gasteiger partial charge in [-0.05, 0) is 23.6 Å². The molecule has 0 aliphatic carbocycles. The van der Waals surface area contributed by atoms with Crippen LogP contribution in [0.1, 0.15) is 5.56 Å². The summed E-state index contributed by atoms with van der Waals surface area (Å²) in [5.74, 6) is 0. The van der Waals surface area contributed by atoms with Crippen LogP contribution in [0.5, 0.6) is 0 Å². The summed E-state index contributed by atoms with van der Waals surface area (Å²) in [5.41, 5.74) is 0.837. The van der Waals surface area contributed by atoms with Crippen molar-refractivity contribution in [1.29, 1.82) is 0 Å². The molecule has 94 valence electrons. The van der Waals surface area contributed by atoms with Crippen molar-refractivity contribution in [2.45, 2.75) is 4.21 Å². The van der Waals surface area contributed by atoms with Gasteiger partial charge in [0.25, 0.3) is 10.0 Å². The van der Waals surface area contributed by atoms with Gasteiger partial charge in [0.15, 0.2) is 0 Å². The molecule has 0 aliphatic rings. The second-order valence-electron chi connectivity index (χ2n) is 3.38. The summed E-state index contributed by atoms with van der Waals surface area (Å²) < 4.78 is 26.8. The minimum absolute atomic E-state index is 0.115. The van der Waals surface area contributed by atoms with Crippen molar-refractivity contribution >= 4 is 33.3 Å². The number of nitrogens with zero attached hydrogens (tertiary/aromatic N) is 1. The molecule has 2 rings (SSSR count). The standard InChI is InChI=1S/C11H10N2O3S2/c14-12-8-9-6-7-17-11(9)18(15,16)13-10-4-2-1-3-5-10/h1-8,13-14H/b12-8+. The van der Waals surface area contributed by atoms with Crippen molar-refractivity contribution in [3.63, 3.8) is 0 Å². The summed E-state index contributed by atoms with van der Waals surface area (Å²) in [6.07, 6.45) is 1.09. The first-order chi connectivity index (χ1) is 8.63. The predicted molar refractivity (Wildman–Crippen MR) is 71.0 cm³/mol. The normalized spacial score (nSPS) is 11.8. The topological polar surface area (TPSA) is 78.8 Å². The Balaban J connectivity index is 2.34. The van der Waals surface area contributed by atoms with Crippen LogP contribution < -0.4 is 4.72 Å². The van der Waals surface area contributed by atoms with Gasteiger partial charge in [-0.1, -0.05) is 23.4 Å². The van der Waals surface area contributed by atoms with Crippen LogP contribution in [0, 0.1) is 0 Å². The number of anilines is 1. The summed E-state index contributed by atoms with van der Waals surface area (Å²) in [6, 6.07) is 10.2. The van der Waals surface area contributed by atoms with Gasteiger partial charge in [0.1, 0.15) is 4.21 Å². The fourth-order valence-corrected chi connectivity index (χ4v) is 3.75. The molecule has 1 aromatic heterocycles. The molecular formula is C11H10N2O3S2. The Hall–Kier alpha value is -1.86. The first kappa shape index (κ1) is 12.6. The Labute approximate surface area is 108 Å². The molecule has 0 radical (unpaired) electrons. The quantitative estimate of drug-likeness (QED) is 0.513. The molecule has 0 unspecified atom stereocenters. The van der Waals surface area contributed by atoms with Gasteiger partial charge in [-0.15, -0.1) is 11.3 Å². The summed E-state index contributed by atoms with van der Waals surface area (Å²) >= 11 is 1.06. The van der Waals surface area contributed by atoms with Gasteiger partial charge in [0, 0.05) is 11.3 Å². The van der Waals surface area contributed by atoms with Crippen LogP contribution >= 0.6 is 11.3 Å². The van der Waals surface area contributed by atoms with E-state index >= 15 is 0 Å². The molecule has 0 atom stereocenters. The average Bonchev–Trinajstić information content (AvgIpc) is 2.79. The van der Waals surface area contributed by atoms with Gasteiger partial charge >= 0.3 is 0 Å². The lowest BCUT2D eigenvalue weighted by atomic mass is 10.3. The first-order valence-electron chi connectivity index (χ1n) is 4.96. The predicted octanol–water partition coefficient (Wildman–Crippen LogP) is 2.36. The van der Waals surface area contributed by atoms with E-state index in [-0.39, 0.29) is 4.21 Å². The van der Waals surface area contributed by atoms with Gasteiger partial charge in [0.05, 0.1) is 6.21 Å². The smallest absolute Gasteiger partial charge is 0.272 e. The molecule has 0 saturated carbocycles. The number of rotatable bonds is 4. The summed E-state index contributed by atoms with van der Waals surface area (Å²) in [5, 5.41) is 12.9. The zero-order valence-corrected chi connectivity index (χ0v) is 10.8. The molecule has 0 aliphatic heterocycles. The highest BCUT2D eigenvalue weighted by Crippen LogP contribution is 2.23. The highest BCUT2D eigenvalue weighted by Gasteiger charge is 2.19. The van der Waals surface area contributed by atoms with Crippen LogP contribution in [0.2, 0.25) is 0 Å². The SMILES string of the molecule is O=S(=O)(Nc1ccccc1)c1sccc1/C=N/O. The van der Waals surface area contributed by atoms with E-state index in [1.807, 2.05) is 0 Å². The number of thiophene rings is 1. The average molecular weight is 282 g/mol. The van der Waals surface area contributed by atoms with Crippen molar-refractivity contribution in [3.8, 4) is 0 Å². The summed E-state index contributed by atoms with van der Waals surface area (Å²) in [7, 11) is -3.66. The van der Waals surface area contributed by atoms with Crippen molar-refractivity contribution in [2.24, 2.45) is 5.16 Å². The molecule has 18 heavy (non-hydrogen) atoms. The third-order valence-electron chi connectivity index (χ3n) is 2.13. The third-order valence-corrected chi connectivity index (χ3v) is 5.02. The third kappa shape index (κ3) is 2.69. The van der Waals surface area contributed by atoms with Crippen LogP contribution in [0.3, 0.4) is 0 Å². The fraction of sp³-hybridized carbons (Fsp3) is 0. The first-order valence-corrected chi connectivity index (χ1v) is 7.32. The van der Waals surface area contributed by atoms with Crippen molar-refractivity contribution < 1.29 is 13.6 Å². The van der Waals surface area contributed by atoms with E-state index in [1.54, 1.807) is 41.8 Å². The van der Waals surface area contributed by atoms with Crippen LogP contribution in [0.25, 0.3) is 0 Å². The van der Waals surface area contributed by atoms with Crippen LogP contribution in [0.4, 0.5) is 5.69 Å². The number of hydrogen-bond acceptors (Lipinski definition) is 5. The Bertz CT molecular complexity index is 648. The lowest BCUT2D eigenvalue weighted by molar-refractivity contribution is 0.322. The van der Waals surface area contributed by atoms with Crippen molar-refractivity contribution in [2.75, 3.05) is 4.72 Å². The van der Waals surface area contributed by atoms with E-state index in [9.17, 15) is 8.42 Å². The van der Waals surface area contributed by atoms with E-state index in [1.165, 1.54) is 0 Å². The Morgan fingerprint density at radius 1 is 1.22 bits per heavy atom. The number of oxime groups is 1. The molecule has 0 bridgehead atoms. The Kier molecular flexibility index (Phi) is 3.63. The van der Waals surface area contributed by atoms with Gasteiger partial charge < -0.3 is 5.21 Å². The van der Waals surface area contributed by atoms with Crippen LogP contribution in [-0.2, 0) is 10.0 Å². The van der Waals surface area contributed by atoms with Gasteiger partial charge in [-0.2, -0.15) is 0 Å². The number of benzene rings is 1. The molecule has 0 amide bonds. The van der Waals surface area contributed by atoms with Crippen molar-refractivity contribution in [3.05, 3.63) is 47.3 Å². The highest BCUT2D eigenvalue weighted by atomic mass is 32.2. The van der Waals surface area contributed by atoms with Crippen LogP contribution in [0.15, 0.2) is 51.1 Å². The molecule has 1 heterocycles. The van der Waals surface area contributed by atoms with Gasteiger partial charge in [-0.25, -0.2) is 8.42 Å². The largest absolute Gasteiger partial charge is 0.411 e. The van der Waals surface area contributed by atoms with Gasteiger partial charge in [-0.3, -0.25) is 4.72 Å². The van der Waals surface area contributed by atoms with Crippen molar-refractivity contribution in [1.82, 2.24) is 0 Å². The maximum atomic E-state index is 12.1. The molecule has 0 saturated heterocycles.